The summed E-state index contributed by atoms with van der Waals surface area (Å²) in [6.07, 6.45) is 4.85. The molecule has 0 spiro atoms. The van der Waals surface area contributed by atoms with Gasteiger partial charge < -0.3 is 10.1 Å². The lowest BCUT2D eigenvalue weighted by atomic mass is 10.2. The highest BCUT2D eigenvalue weighted by atomic mass is 32.1. The summed E-state index contributed by atoms with van der Waals surface area (Å²) in [5.74, 6) is 0. The summed E-state index contributed by atoms with van der Waals surface area (Å²) in [6, 6.07) is 0. The minimum absolute atomic E-state index is 0.730. The number of ether oxygens (including phenoxy) is 1. The first-order valence-electron chi connectivity index (χ1n) is 5.61. The van der Waals surface area contributed by atoms with Crippen molar-refractivity contribution < 1.29 is 4.74 Å². The number of thiocarbonyl (C=S) groups is 1. The molecule has 1 rings (SSSR count). The van der Waals surface area contributed by atoms with Gasteiger partial charge in [-0.25, -0.2) is 5.01 Å². The zero-order valence-electron chi connectivity index (χ0n) is 9.42. The van der Waals surface area contributed by atoms with E-state index in [1.807, 2.05) is 0 Å². The number of hydrogen-bond acceptors (Lipinski definition) is 3. The summed E-state index contributed by atoms with van der Waals surface area (Å²) in [5.41, 5.74) is 3.21. The first-order valence-corrected chi connectivity index (χ1v) is 6.02. The van der Waals surface area contributed by atoms with E-state index in [4.69, 9.17) is 17.0 Å². The van der Waals surface area contributed by atoms with Crippen molar-refractivity contribution in [3.8, 4) is 0 Å². The Morgan fingerprint density at radius 2 is 2.07 bits per heavy atom. The molecule has 0 bridgehead atoms. The van der Waals surface area contributed by atoms with Crippen LogP contribution in [0, 0.1) is 0 Å². The van der Waals surface area contributed by atoms with Crippen LogP contribution >= 0.6 is 12.2 Å². The second-order valence-corrected chi connectivity index (χ2v) is 4.17. The average molecular weight is 231 g/mol. The van der Waals surface area contributed by atoms with Crippen molar-refractivity contribution in [3.05, 3.63) is 0 Å². The SMILES string of the molecule is COCCCNC(=S)NN1CCCCC1. The maximum Gasteiger partial charge on any atom is 0.181 e. The molecule has 1 fully saturated rings. The lowest BCUT2D eigenvalue weighted by Crippen LogP contribution is -2.49. The van der Waals surface area contributed by atoms with Crippen LogP contribution < -0.4 is 10.7 Å². The molecule has 0 radical (unpaired) electrons. The lowest BCUT2D eigenvalue weighted by molar-refractivity contribution is 0.189. The number of nitrogens with zero attached hydrogens (tertiary/aromatic N) is 1. The normalized spacial score (nSPS) is 17.4. The van der Waals surface area contributed by atoms with Gasteiger partial charge in [-0.05, 0) is 31.5 Å². The molecule has 88 valence electrons. The van der Waals surface area contributed by atoms with Crippen LogP contribution in [0.3, 0.4) is 0 Å². The number of hydrazine groups is 1. The Morgan fingerprint density at radius 3 is 2.73 bits per heavy atom. The maximum atomic E-state index is 5.18. The van der Waals surface area contributed by atoms with Gasteiger partial charge in [0.15, 0.2) is 5.11 Å². The minimum Gasteiger partial charge on any atom is -0.385 e. The summed E-state index contributed by atoms with van der Waals surface area (Å²) in [4.78, 5) is 0. The second-order valence-electron chi connectivity index (χ2n) is 3.76. The molecule has 5 heteroatoms. The van der Waals surface area contributed by atoms with Gasteiger partial charge in [0.25, 0.3) is 0 Å². The van der Waals surface area contributed by atoms with Gasteiger partial charge in [0.2, 0.25) is 0 Å². The van der Waals surface area contributed by atoms with Crippen LogP contribution in [-0.4, -0.2) is 43.5 Å². The minimum atomic E-state index is 0.730. The van der Waals surface area contributed by atoms with Crippen molar-refractivity contribution in [2.45, 2.75) is 25.7 Å². The smallest absolute Gasteiger partial charge is 0.181 e. The first kappa shape index (κ1) is 12.7. The maximum absolute atomic E-state index is 5.18. The number of nitrogens with one attached hydrogen (secondary N) is 2. The molecule has 1 aliphatic heterocycles. The topological polar surface area (TPSA) is 36.5 Å². The summed E-state index contributed by atoms with van der Waals surface area (Å²) in [6.45, 7) is 3.84. The van der Waals surface area contributed by atoms with E-state index >= 15 is 0 Å². The van der Waals surface area contributed by atoms with Gasteiger partial charge >= 0.3 is 0 Å². The van der Waals surface area contributed by atoms with E-state index < -0.39 is 0 Å². The Morgan fingerprint density at radius 1 is 1.33 bits per heavy atom. The molecular formula is C10H21N3OS. The van der Waals surface area contributed by atoms with E-state index in [1.165, 1.54) is 19.3 Å². The highest BCUT2D eigenvalue weighted by molar-refractivity contribution is 7.80. The molecular weight excluding hydrogens is 210 g/mol. The molecule has 4 nitrogen and oxygen atoms in total. The van der Waals surface area contributed by atoms with E-state index in [1.54, 1.807) is 7.11 Å². The van der Waals surface area contributed by atoms with Gasteiger partial charge in [0.05, 0.1) is 0 Å². The van der Waals surface area contributed by atoms with Gasteiger partial charge in [-0.15, -0.1) is 0 Å². The number of rotatable bonds is 5. The second kappa shape index (κ2) is 7.84. The fourth-order valence-electron chi connectivity index (χ4n) is 1.61. The van der Waals surface area contributed by atoms with E-state index in [0.717, 1.165) is 37.8 Å². The van der Waals surface area contributed by atoms with Crippen LogP contribution in [0.5, 0.6) is 0 Å². The van der Waals surface area contributed by atoms with Crippen LogP contribution in [0.4, 0.5) is 0 Å². The monoisotopic (exact) mass is 231 g/mol. The van der Waals surface area contributed by atoms with Crippen molar-refractivity contribution in [2.24, 2.45) is 0 Å². The van der Waals surface area contributed by atoms with Gasteiger partial charge in [-0.2, -0.15) is 0 Å². The van der Waals surface area contributed by atoms with Crippen molar-refractivity contribution >= 4 is 17.3 Å². The zero-order valence-corrected chi connectivity index (χ0v) is 10.2. The predicted molar refractivity (Wildman–Crippen MR) is 65.7 cm³/mol. The summed E-state index contributed by atoms with van der Waals surface area (Å²) >= 11 is 5.18. The third-order valence-electron chi connectivity index (χ3n) is 2.43. The standard InChI is InChI=1S/C10H21N3OS/c1-14-9-5-6-11-10(15)12-13-7-3-2-4-8-13/h2-9H2,1H3,(H2,11,12,15). The van der Waals surface area contributed by atoms with Crippen LogP contribution in [0.15, 0.2) is 0 Å². The van der Waals surface area contributed by atoms with E-state index in [2.05, 4.69) is 15.8 Å². The molecule has 15 heavy (non-hydrogen) atoms. The fraction of sp³-hybridized carbons (Fsp3) is 0.900. The van der Waals surface area contributed by atoms with E-state index in [9.17, 15) is 0 Å². The van der Waals surface area contributed by atoms with Crippen molar-refractivity contribution in [2.75, 3.05) is 33.4 Å². The fourth-order valence-corrected chi connectivity index (χ4v) is 1.84. The Bertz CT molecular complexity index is 184. The van der Waals surface area contributed by atoms with Crippen LogP contribution in [0.2, 0.25) is 0 Å². The quantitative estimate of drug-likeness (QED) is 0.543. The Balaban J connectivity index is 2.01. The molecule has 1 heterocycles. The largest absolute Gasteiger partial charge is 0.385 e. The Hall–Kier alpha value is -0.390. The summed E-state index contributed by atoms with van der Waals surface area (Å²) in [5, 5.41) is 6.08. The van der Waals surface area contributed by atoms with Gasteiger partial charge in [0, 0.05) is 33.4 Å². The predicted octanol–water partition coefficient (Wildman–Crippen LogP) is 0.888. The molecule has 0 amide bonds. The van der Waals surface area contributed by atoms with Gasteiger partial charge in [-0.1, -0.05) is 6.42 Å². The van der Waals surface area contributed by atoms with E-state index in [-0.39, 0.29) is 0 Å². The lowest BCUT2D eigenvalue weighted by Gasteiger charge is -2.28. The molecule has 0 saturated carbocycles. The van der Waals surface area contributed by atoms with E-state index in [0.29, 0.717) is 0 Å². The van der Waals surface area contributed by atoms with Gasteiger partial charge in [-0.3, -0.25) is 5.43 Å². The number of methoxy groups -OCH3 is 1. The van der Waals surface area contributed by atoms with Crippen molar-refractivity contribution in [1.82, 2.24) is 15.8 Å². The number of piperidine rings is 1. The average Bonchev–Trinajstić information content (AvgIpc) is 2.26. The third kappa shape index (κ3) is 5.92. The van der Waals surface area contributed by atoms with Crippen LogP contribution in [0.1, 0.15) is 25.7 Å². The van der Waals surface area contributed by atoms with Crippen LogP contribution in [-0.2, 0) is 4.74 Å². The Labute approximate surface area is 97.3 Å². The third-order valence-corrected chi connectivity index (χ3v) is 2.66. The molecule has 1 aliphatic rings. The number of hydrogen-bond donors (Lipinski definition) is 2. The highest BCUT2D eigenvalue weighted by Crippen LogP contribution is 2.05. The molecule has 0 atom stereocenters. The molecule has 0 aromatic heterocycles. The summed E-state index contributed by atoms with van der Waals surface area (Å²) in [7, 11) is 1.71. The van der Waals surface area contributed by atoms with Gasteiger partial charge in [0.1, 0.15) is 0 Å². The molecule has 0 aliphatic carbocycles. The van der Waals surface area contributed by atoms with Crippen molar-refractivity contribution in [3.63, 3.8) is 0 Å². The summed E-state index contributed by atoms with van der Waals surface area (Å²) < 4.78 is 4.96. The van der Waals surface area contributed by atoms with Crippen LogP contribution in [0.25, 0.3) is 0 Å². The molecule has 0 aromatic rings. The highest BCUT2D eigenvalue weighted by Gasteiger charge is 2.09. The Kier molecular flexibility index (Phi) is 6.63. The molecule has 1 saturated heterocycles. The zero-order chi connectivity index (χ0) is 10.9. The molecule has 2 N–H and O–H groups in total. The first-order chi connectivity index (χ1) is 7.33. The van der Waals surface area contributed by atoms with Crippen molar-refractivity contribution in [1.29, 1.82) is 0 Å². The molecule has 0 unspecified atom stereocenters. The molecule has 0 aromatic carbocycles.